The molecule has 0 N–H and O–H groups in total. The van der Waals surface area contributed by atoms with Gasteiger partial charge in [0, 0.05) is 23.3 Å². The predicted molar refractivity (Wildman–Crippen MR) is 114 cm³/mol. The Kier molecular flexibility index (Phi) is 4.22. The van der Waals surface area contributed by atoms with Gasteiger partial charge in [-0.2, -0.15) is 0 Å². The van der Waals surface area contributed by atoms with Gasteiger partial charge in [0.2, 0.25) is 5.78 Å². The Balaban J connectivity index is 1.82. The van der Waals surface area contributed by atoms with Gasteiger partial charge in [0.25, 0.3) is 5.69 Å². The lowest BCUT2D eigenvalue weighted by atomic mass is 9.98. The third kappa shape index (κ3) is 3.00. The second kappa shape index (κ2) is 7.07. The minimum atomic E-state index is -0.612. The fourth-order valence-electron chi connectivity index (χ4n) is 3.62. The molecule has 5 rings (SSSR count). The second-order valence-electron chi connectivity index (χ2n) is 6.90. The van der Waals surface area contributed by atoms with E-state index < -0.39 is 16.3 Å². The van der Waals surface area contributed by atoms with Crippen LogP contribution in [0.3, 0.4) is 0 Å². The van der Waals surface area contributed by atoms with Crippen LogP contribution in [0, 0.1) is 10.1 Å². The average molecular weight is 411 g/mol. The van der Waals surface area contributed by atoms with Crippen LogP contribution in [0.5, 0.6) is 0 Å². The van der Waals surface area contributed by atoms with Gasteiger partial charge in [-0.3, -0.25) is 14.9 Å². The smallest absolute Gasteiger partial charge is 0.348 e. The first-order valence-electron chi connectivity index (χ1n) is 9.37. The number of carbonyl (C=O) groups is 1. The van der Waals surface area contributed by atoms with Gasteiger partial charge < -0.3 is 8.83 Å². The van der Waals surface area contributed by atoms with Gasteiger partial charge in [0.05, 0.1) is 10.3 Å². The third-order valence-electron chi connectivity index (χ3n) is 5.06. The van der Waals surface area contributed by atoms with Crippen molar-refractivity contribution in [2.24, 2.45) is 0 Å². The number of rotatable bonds is 4. The molecule has 3 aromatic carbocycles. The topological polar surface area (TPSA) is 104 Å². The summed E-state index contributed by atoms with van der Waals surface area (Å²) in [6.45, 7) is 0. The maximum absolute atomic E-state index is 13.3. The lowest BCUT2D eigenvalue weighted by Crippen LogP contribution is -2.04. The summed E-state index contributed by atoms with van der Waals surface area (Å²) in [5, 5.41) is 11.7. The molecular formula is C24H13NO6. The Morgan fingerprint density at radius 2 is 1.52 bits per heavy atom. The van der Waals surface area contributed by atoms with Gasteiger partial charge in [0.15, 0.2) is 11.3 Å². The maximum Gasteiger partial charge on any atom is 0.348 e. The van der Waals surface area contributed by atoms with E-state index in [-0.39, 0.29) is 28.0 Å². The zero-order valence-corrected chi connectivity index (χ0v) is 15.9. The van der Waals surface area contributed by atoms with E-state index in [9.17, 15) is 19.7 Å². The highest BCUT2D eigenvalue weighted by molar-refractivity contribution is 6.18. The van der Waals surface area contributed by atoms with Crippen molar-refractivity contribution in [3.63, 3.8) is 0 Å². The molecule has 2 heterocycles. The van der Waals surface area contributed by atoms with Gasteiger partial charge in [-0.25, -0.2) is 4.79 Å². The average Bonchev–Trinajstić information content (AvgIpc) is 3.21. The Bertz CT molecular complexity index is 1530. The number of nitro benzene ring substituents is 1. The van der Waals surface area contributed by atoms with E-state index in [4.69, 9.17) is 8.83 Å². The van der Waals surface area contributed by atoms with Crippen molar-refractivity contribution < 1.29 is 18.6 Å². The summed E-state index contributed by atoms with van der Waals surface area (Å²) in [7, 11) is 0. The molecule has 0 saturated heterocycles. The quantitative estimate of drug-likeness (QED) is 0.171. The zero-order chi connectivity index (χ0) is 21.5. The number of hydrogen-bond donors (Lipinski definition) is 0. The van der Waals surface area contributed by atoms with Crippen LogP contribution >= 0.6 is 0 Å². The molecule has 0 saturated carbocycles. The van der Waals surface area contributed by atoms with Crippen molar-refractivity contribution >= 4 is 33.4 Å². The highest BCUT2D eigenvalue weighted by atomic mass is 16.6. The molecule has 0 amide bonds. The van der Waals surface area contributed by atoms with Gasteiger partial charge in [0.1, 0.15) is 11.0 Å². The molecule has 2 aromatic heterocycles. The van der Waals surface area contributed by atoms with Crippen molar-refractivity contribution in [1.82, 2.24) is 0 Å². The van der Waals surface area contributed by atoms with E-state index in [1.807, 2.05) is 6.07 Å². The number of carbonyl (C=O) groups excluding carboxylic acids is 1. The molecule has 0 atom stereocenters. The number of nitro groups is 1. The summed E-state index contributed by atoms with van der Waals surface area (Å²) in [4.78, 5) is 36.6. The van der Waals surface area contributed by atoms with Gasteiger partial charge >= 0.3 is 5.63 Å². The number of para-hydroxylation sites is 1. The number of hydrogen-bond acceptors (Lipinski definition) is 6. The molecule has 0 aliphatic rings. The molecule has 0 bridgehead atoms. The lowest BCUT2D eigenvalue weighted by molar-refractivity contribution is -0.384. The molecule has 0 unspecified atom stereocenters. The molecule has 7 heteroatoms. The minimum Gasteiger partial charge on any atom is -0.451 e. The summed E-state index contributed by atoms with van der Waals surface area (Å²) in [5.74, 6) is -0.521. The van der Waals surface area contributed by atoms with Crippen LogP contribution in [0.15, 0.2) is 92.5 Å². The van der Waals surface area contributed by atoms with Crippen molar-refractivity contribution in [2.75, 3.05) is 0 Å². The molecule has 0 aliphatic carbocycles. The minimum absolute atomic E-state index is 0.0290. The predicted octanol–water partition coefficient (Wildman–Crippen LogP) is 5.35. The van der Waals surface area contributed by atoms with E-state index in [0.717, 1.165) is 0 Å². The van der Waals surface area contributed by atoms with Crippen molar-refractivity contribution in [3.8, 4) is 11.1 Å². The summed E-state index contributed by atoms with van der Waals surface area (Å²) in [6, 6.07) is 21.1. The molecule has 0 aliphatic heterocycles. The summed E-state index contributed by atoms with van der Waals surface area (Å²) < 4.78 is 11.5. The Hall–Kier alpha value is -4.52. The van der Waals surface area contributed by atoms with Crippen molar-refractivity contribution in [2.45, 2.75) is 0 Å². The summed E-state index contributed by atoms with van der Waals surface area (Å²) >= 11 is 0. The maximum atomic E-state index is 13.3. The van der Waals surface area contributed by atoms with Crippen LogP contribution in [-0.4, -0.2) is 10.7 Å². The van der Waals surface area contributed by atoms with Crippen molar-refractivity contribution in [3.05, 3.63) is 111 Å². The van der Waals surface area contributed by atoms with Crippen LogP contribution in [0.2, 0.25) is 0 Å². The highest BCUT2D eigenvalue weighted by Crippen LogP contribution is 2.37. The van der Waals surface area contributed by atoms with Crippen LogP contribution < -0.4 is 5.63 Å². The monoisotopic (exact) mass is 411 g/mol. The summed E-state index contributed by atoms with van der Waals surface area (Å²) in [5.41, 5.74) is 1.02. The normalized spacial score (nSPS) is 11.1. The Morgan fingerprint density at radius 3 is 2.23 bits per heavy atom. The fraction of sp³-hybridized carbons (Fsp3) is 0. The molecule has 0 radical (unpaired) electrons. The van der Waals surface area contributed by atoms with Crippen LogP contribution in [0.4, 0.5) is 5.69 Å². The lowest BCUT2D eigenvalue weighted by Gasteiger charge is -2.03. The third-order valence-corrected chi connectivity index (χ3v) is 5.06. The number of ketones is 1. The first-order valence-corrected chi connectivity index (χ1v) is 9.37. The van der Waals surface area contributed by atoms with Crippen LogP contribution in [0.1, 0.15) is 16.1 Å². The largest absolute Gasteiger partial charge is 0.451 e. The van der Waals surface area contributed by atoms with E-state index in [0.29, 0.717) is 22.1 Å². The Labute approximate surface area is 174 Å². The van der Waals surface area contributed by atoms with Gasteiger partial charge in [-0.1, -0.05) is 42.5 Å². The number of nitrogens with zero attached hydrogens (tertiary/aromatic N) is 1. The van der Waals surface area contributed by atoms with Gasteiger partial charge in [-0.15, -0.1) is 0 Å². The molecule has 0 fully saturated rings. The molecule has 5 aromatic rings. The number of benzene rings is 3. The SMILES string of the molecule is O=C(c1ccc([N+](=O)[O-])cc1)c1oc2c(c1-c1ccccc1)c(=O)oc1ccccc12. The first-order chi connectivity index (χ1) is 15.0. The zero-order valence-electron chi connectivity index (χ0n) is 15.9. The van der Waals surface area contributed by atoms with E-state index >= 15 is 0 Å². The fourth-order valence-corrected chi connectivity index (χ4v) is 3.62. The molecular weight excluding hydrogens is 398 g/mol. The van der Waals surface area contributed by atoms with E-state index in [1.165, 1.54) is 24.3 Å². The first kappa shape index (κ1) is 18.5. The van der Waals surface area contributed by atoms with Gasteiger partial charge in [-0.05, 0) is 29.8 Å². The van der Waals surface area contributed by atoms with Crippen LogP contribution in [-0.2, 0) is 0 Å². The number of non-ortho nitro benzene ring substituents is 1. The summed E-state index contributed by atoms with van der Waals surface area (Å²) in [6.07, 6.45) is 0. The molecule has 150 valence electrons. The number of furan rings is 1. The van der Waals surface area contributed by atoms with Crippen LogP contribution in [0.25, 0.3) is 33.1 Å². The van der Waals surface area contributed by atoms with Crippen molar-refractivity contribution in [1.29, 1.82) is 0 Å². The standard InChI is InChI=1S/C24H13NO6/c26-21(15-10-12-16(13-11-15)25(28)29)23-19(14-6-2-1-3-7-14)20-22(31-23)17-8-4-5-9-18(17)30-24(20)27/h1-13H. The highest BCUT2D eigenvalue weighted by Gasteiger charge is 2.27. The second-order valence-corrected chi connectivity index (χ2v) is 6.90. The van der Waals surface area contributed by atoms with E-state index in [2.05, 4.69) is 0 Å². The number of fused-ring (bicyclic) bond motifs is 3. The molecule has 7 nitrogen and oxygen atoms in total. The Morgan fingerprint density at radius 1 is 0.839 bits per heavy atom. The van der Waals surface area contributed by atoms with E-state index in [1.54, 1.807) is 48.5 Å². The molecule has 31 heavy (non-hydrogen) atoms. The molecule has 0 spiro atoms.